The Hall–Kier alpha value is -1.87. The van der Waals surface area contributed by atoms with Crippen molar-refractivity contribution in [1.29, 1.82) is 0 Å². The Morgan fingerprint density at radius 1 is 1.05 bits per heavy atom. The van der Waals surface area contributed by atoms with E-state index in [4.69, 9.17) is 0 Å². The highest BCUT2D eigenvalue weighted by Gasteiger charge is 2.15. The number of anilines is 2. The van der Waals surface area contributed by atoms with E-state index in [9.17, 15) is 9.50 Å². The van der Waals surface area contributed by atoms with Gasteiger partial charge in [0.1, 0.15) is 5.82 Å². The lowest BCUT2D eigenvalue weighted by Crippen LogP contribution is -2.14. The van der Waals surface area contributed by atoms with Gasteiger partial charge in [-0.3, -0.25) is 0 Å². The van der Waals surface area contributed by atoms with Crippen molar-refractivity contribution < 1.29 is 9.50 Å². The summed E-state index contributed by atoms with van der Waals surface area (Å²) >= 11 is 0. The van der Waals surface area contributed by atoms with Gasteiger partial charge in [-0.05, 0) is 24.6 Å². The molecule has 0 amide bonds. The maximum Gasteiger partial charge on any atom is 0.146 e. The molecule has 2 rings (SSSR count). The molecule has 0 aliphatic heterocycles. The van der Waals surface area contributed by atoms with Gasteiger partial charge in [0.05, 0.1) is 11.8 Å². The molecule has 0 aliphatic rings. The molecule has 0 fully saturated rings. The number of para-hydroxylation sites is 2. The minimum atomic E-state index is -0.537. The molecular formula is C16H18FNO. The molecule has 0 aliphatic carbocycles. The van der Waals surface area contributed by atoms with Crippen LogP contribution in [0, 0.1) is 5.82 Å². The number of benzene rings is 2. The van der Waals surface area contributed by atoms with Gasteiger partial charge in [0.2, 0.25) is 0 Å². The van der Waals surface area contributed by atoms with E-state index in [-0.39, 0.29) is 5.82 Å². The van der Waals surface area contributed by atoms with Crippen molar-refractivity contribution in [2.24, 2.45) is 0 Å². The summed E-state index contributed by atoms with van der Waals surface area (Å²) < 4.78 is 13.8. The molecule has 0 saturated carbocycles. The molecule has 2 aromatic carbocycles. The van der Waals surface area contributed by atoms with Crippen LogP contribution in [0.3, 0.4) is 0 Å². The van der Waals surface area contributed by atoms with Crippen LogP contribution in [0.25, 0.3) is 0 Å². The minimum Gasteiger partial charge on any atom is -0.388 e. The van der Waals surface area contributed by atoms with Crippen molar-refractivity contribution in [2.75, 3.05) is 11.9 Å². The normalized spacial score (nSPS) is 12.2. The summed E-state index contributed by atoms with van der Waals surface area (Å²) in [5.74, 6) is -0.272. The monoisotopic (exact) mass is 259 g/mol. The quantitative estimate of drug-likeness (QED) is 0.895. The van der Waals surface area contributed by atoms with Crippen LogP contribution in [0.5, 0.6) is 0 Å². The molecule has 3 heteroatoms. The van der Waals surface area contributed by atoms with Crippen LogP contribution in [-0.2, 0) is 0 Å². The summed E-state index contributed by atoms with van der Waals surface area (Å²) in [4.78, 5) is 1.77. The maximum absolute atomic E-state index is 13.8. The second-order valence-electron chi connectivity index (χ2n) is 4.49. The smallest absolute Gasteiger partial charge is 0.146 e. The predicted octanol–water partition coefficient (Wildman–Crippen LogP) is 4.04. The van der Waals surface area contributed by atoms with Gasteiger partial charge in [0.15, 0.2) is 0 Å². The first-order chi connectivity index (χ1) is 9.15. The third-order valence-electron chi connectivity index (χ3n) is 3.26. The fraction of sp³-hybridized carbons (Fsp3) is 0.250. The van der Waals surface area contributed by atoms with Gasteiger partial charge in [0.25, 0.3) is 0 Å². The average Bonchev–Trinajstić information content (AvgIpc) is 2.46. The Balaban J connectivity index is 2.45. The number of aliphatic hydroxyl groups excluding tert-OH is 1. The van der Waals surface area contributed by atoms with Crippen molar-refractivity contribution >= 4 is 11.4 Å². The molecule has 0 radical (unpaired) electrons. The summed E-state index contributed by atoms with van der Waals surface area (Å²) in [6, 6.07) is 14.2. The SMILES string of the molecule is CC[C@@H](O)c1ccccc1N(C)c1ccccc1F. The molecule has 0 unspecified atom stereocenters. The number of nitrogens with zero attached hydrogens (tertiary/aromatic N) is 1. The molecule has 19 heavy (non-hydrogen) atoms. The summed E-state index contributed by atoms with van der Waals surface area (Å²) in [5.41, 5.74) is 2.14. The molecule has 0 bridgehead atoms. The lowest BCUT2D eigenvalue weighted by atomic mass is 10.0. The molecule has 2 nitrogen and oxygen atoms in total. The molecular weight excluding hydrogens is 241 g/mol. The Kier molecular flexibility index (Phi) is 4.17. The third kappa shape index (κ3) is 2.76. The first-order valence-corrected chi connectivity index (χ1v) is 6.40. The summed E-state index contributed by atoms with van der Waals surface area (Å²) in [5, 5.41) is 10.1. The van der Waals surface area contributed by atoms with E-state index >= 15 is 0 Å². The average molecular weight is 259 g/mol. The van der Waals surface area contributed by atoms with Gasteiger partial charge in [-0.15, -0.1) is 0 Å². The first-order valence-electron chi connectivity index (χ1n) is 6.40. The number of rotatable bonds is 4. The summed E-state index contributed by atoms with van der Waals surface area (Å²) in [6.45, 7) is 1.92. The Morgan fingerprint density at radius 2 is 1.63 bits per heavy atom. The summed E-state index contributed by atoms with van der Waals surface area (Å²) in [6.07, 6.45) is 0.0905. The van der Waals surface area contributed by atoms with Crippen molar-refractivity contribution in [2.45, 2.75) is 19.4 Å². The van der Waals surface area contributed by atoms with Gasteiger partial charge in [0, 0.05) is 18.3 Å². The molecule has 2 aromatic rings. The number of aliphatic hydroxyl groups is 1. The maximum atomic E-state index is 13.8. The van der Waals surface area contributed by atoms with E-state index in [1.54, 1.807) is 30.1 Å². The Bertz CT molecular complexity index is 556. The van der Waals surface area contributed by atoms with Crippen LogP contribution >= 0.6 is 0 Å². The topological polar surface area (TPSA) is 23.5 Å². The molecule has 1 N–H and O–H groups in total. The lowest BCUT2D eigenvalue weighted by molar-refractivity contribution is 0.174. The molecule has 0 saturated heterocycles. The second kappa shape index (κ2) is 5.85. The number of hydrogen-bond acceptors (Lipinski definition) is 2. The fourth-order valence-corrected chi connectivity index (χ4v) is 2.15. The molecule has 100 valence electrons. The highest BCUT2D eigenvalue weighted by Crippen LogP contribution is 2.32. The molecule has 1 atom stereocenters. The third-order valence-corrected chi connectivity index (χ3v) is 3.26. The number of halogens is 1. The molecule has 0 heterocycles. The summed E-state index contributed by atoms with van der Waals surface area (Å²) in [7, 11) is 1.81. The highest BCUT2D eigenvalue weighted by molar-refractivity contribution is 5.66. The van der Waals surface area contributed by atoms with E-state index in [1.165, 1.54) is 6.07 Å². The van der Waals surface area contributed by atoms with Gasteiger partial charge in [-0.1, -0.05) is 37.3 Å². The van der Waals surface area contributed by atoms with Crippen molar-refractivity contribution in [3.63, 3.8) is 0 Å². The van der Waals surface area contributed by atoms with Gasteiger partial charge in [-0.25, -0.2) is 4.39 Å². The van der Waals surface area contributed by atoms with Crippen LogP contribution in [0.2, 0.25) is 0 Å². The number of hydrogen-bond donors (Lipinski definition) is 1. The van der Waals surface area contributed by atoms with Gasteiger partial charge in [-0.2, -0.15) is 0 Å². The zero-order chi connectivity index (χ0) is 13.8. The minimum absolute atomic E-state index is 0.272. The van der Waals surface area contributed by atoms with E-state index in [0.29, 0.717) is 12.1 Å². The zero-order valence-corrected chi connectivity index (χ0v) is 11.2. The van der Waals surface area contributed by atoms with E-state index in [2.05, 4.69) is 0 Å². The van der Waals surface area contributed by atoms with Crippen LogP contribution < -0.4 is 4.90 Å². The molecule has 0 aromatic heterocycles. The zero-order valence-electron chi connectivity index (χ0n) is 11.2. The standard InChI is InChI=1S/C16H18FNO/c1-3-16(19)12-8-4-6-10-14(12)18(2)15-11-7-5-9-13(15)17/h4-11,16,19H,3H2,1-2H3/t16-/m1/s1. The van der Waals surface area contributed by atoms with Crippen LogP contribution in [0.15, 0.2) is 48.5 Å². The van der Waals surface area contributed by atoms with Crippen LogP contribution in [0.4, 0.5) is 15.8 Å². The van der Waals surface area contributed by atoms with E-state index in [0.717, 1.165) is 11.3 Å². The lowest BCUT2D eigenvalue weighted by Gasteiger charge is -2.24. The highest BCUT2D eigenvalue weighted by atomic mass is 19.1. The fourth-order valence-electron chi connectivity index (χ4n) is 2.15. The van der Waals surface area contributed by atoms with E-state index < -0.39 is 6.10 Å². The van der Waals surface area contributed by atoms with Crippen molar-refractivity contribution in [3.05, 3.63) is 59.9 Å². The first kappa shape index (κ1) is 13.6. The van der Waals surface area contributed by atoms with Gasteiger partial charge < -0.3 is 10.0 Å². The second-order valence-corrected chi connectivity index (χ2v) is 4.49. The van der Waals surface area contributed by atoms with Crippen LogP contribution in [0.1, 0.15) is 25.0 Å². The Morgan fingerprint density at radius 3 is 2.26 bits per heavy atom. The van der Waals surface area contributed by atoms with E-state index in [1.807, 2.05) is 31.2 Å². The van der Waals surface area contributed by atoms with Crippen molar-refractivity contribution in [1.82, 2.24) is 0 Å². The molecule has 0 spiro atoms. The largest absolute Gasteiger partial charge is 0.388 e. The van der Waals surface area contributed by atoms with Gasteiger partial charge >= 0.3 is 0 Å². The van der Waals surface area contributed by atoms with Crippen molar-refractivity contribution in [3.8, 4) is 0 Å². The van der Waals surface area contributed by atoms with Crippen LogP contribution in [-0.4, -0.2) is 12.2 Å². The predicted molar refractivity (Wildman–Crippen MR) is 76.2 cm³/mol. The Labute approximate surface area is 113 Å².